The monoisotopic (exact) mass is 220 g/mol. The Labute approximate surface area is 93.0 Å². The number of anilines is 2. The summed E-state index contributed by atoms with van der Waals surface area (Å²) in [4.78, 5) is 11.9. The van der Waals surface area contributed by atoms with Crippen LogP contribution in [0, 0.1) is 21.4 Å². The summed E-state index contributed by atoms with van der Waals surface area (Å²) in [5, 5.41) is 19.1. The van der Waals surface area contributed by atoms with Gasteiger partial charge in [-0.1, -0.05) is 0 Å². The smallest absolute Gasteiger partial charge is 0.273 e. The lowest BCUT2D eigenvalue weighted by Gasteiger charge is -2.17. The number of hydrogen-bond donors (Lipinski definition) is 1. The second-order valence-corrected chi connectivity index (χ2v) is 3.37. The molecular weight excluding hydrogens is 208 g/mol. The summed E-state index contributed by atoms with van der Waals surface area (Å²) in [5.41, 5.74) is 6.51. The van der Waals surface area contributed by atoms with E-state index < -0.39 is 4.92 Å². The van der Waals surface area contributed by atoms with Crippen LogP contribution in [-0.2, 0) is 0 Å². The van der Waals surface area contributed by atoms with Crippen molar-refractivity contribution in [2.24, 2.45) is 0 Å². The lowest BCUT2D eigenvalue weighted by molar-refractivity contribution is -0.384. The molecule has 1 aromatic rings. The van der Waals surface area contributed by atoms with E-state index in [1.54, 1.807) is 18.0 Å². The highest BCUT2D eigenvalue weighted by Gasteiger charge is 2.10. The minimum absolute atomic E-state index is 0.0428. The molecule has 0 amide bonds. The van der Waals surface area contributed by atoms with Crippen LogP contribution in [0.4, 0.5) is 17.1 Å². The highest BCUT2D eigenvalue weighted by atomic mass is 16.6. The van der Waals surface area contributed by atoms with Gasteiger partial charge in [0.15, 0.2) is 0 Å². The average molecular weight is 220 g/mol. The zero-order valence-corrected chi connectivity index (χ0v) is 8.88. The molecular formula is C10H12N4O2. The summed E-state index contributed by atoms with van der Waals surface area (Å²) >= 11 is 0. The van der Waals surface area contributed by atoms with E-state index in [9.17, 15) is 10.1 Å². The Morgan fingerprint density at radius 1 is 1.56 bits per heavy atom. The zero-order valence-electron chi connectivity index (χ0n) is 8.88. The topological polar surface area (TPSA) is 96.2 Å². The molecule has 16 heavy (non-hydrogen) atoms. The van der Waals surface area contributed by atoms with Gasteiger partial charge in [-0.15, -0.1) is 0 Å². The molecule has 0 saturated carbocycles. The summed E-state index contributed by atoms with van der Waals surface area (Å²) in [6.45, 7) is 0.511. The number of hydrogen-bond acceptors (Lipinski definition) is 5. The first-order valence-corrected chi connectivity index (χ1v) is 4.67. The van der Waals surface area contributed by atoms with E-state index in [1.165, 1.54) is 12.1 Å². The third-order valence-corrected chi connectivity index (χ3v) is 2.14. The largest absolute Gasteiger partial charge is 0.398 e. The van der Waals surface area contributed by atoms with Crippen molar-refractivity contribution < 1.29 is 4.92 Å². The van der Waals surface area contributed by atoms with Gasteiger partial charge in [0, 0.05) is 37.1 Å². The summed E-state index contributed by atoms with van der Waals surface area (Å²) in [7, 11) is 1.76. The minimum Gasteiger partial charge on any atom is -0.398 e. The second-order valence-electron chi connectivity index (χ2n) is 3.37. The van der Waals surface area contributed by atoms with Crippen LogP contribution in [0.5, 0.6) is 0 Å². The quantitative estimate of drug-likeness (QED) is 0.471. The van der Waals surface area contributed by atoms with E-state index in [4.69, 9.17) is 11.0 Å². The van der Waals surface area contributed by atoms with Gasteiger partial charge in [0.05, 0.1) is 17.4 Å². The van der Waals surface area contributed by atoms with Crippen LogP contribution in [-0.4, -0.2) is 18.5 Å². The number of benzene rings is 1. The van der Waals surface area contributed by atoms with E-state index in [2.05, 4.69) is 0 Å². The van der Waals surface area contributed by atoms with Crippen molar-refractivity contribution in [1.29, 1.82) is 5.26 Å². The Morgan fingerprint density at radius 2 is 2.25 bits per heavy atom. The molecule has 0 bridgehead atoms. The lowest BCUT2D eigenvalue weighted by Crippen LogP contribution is -2.18. The van der Waals surface area contributed by atoms with Crippen LogP contribution in [0.1, 0.15) is 6.42 Å². The molecule has 0 atom stereocenters. The van der Waals surface area contributed by atoms with Crippen molar-refractivity contribution >= 4 is 17.1 Å². The van der Waals surface area contributed by atoms with E-state index in [-0.39, 0.29) is 5.69 Å². The third-order valence-electron chi connectivity index (χ3n) is 2.14. The van der Waals surface area contributed by atoms with Crippen molar-refractivity contribution in [3.05, 3.63) is 28.3 Å². The van der Waals surface area contributed by atoms with Gasteiger partial charge in [0.1, 0.15) is 0 Å². The molecule has 0 radical (unpaired) electrons. The Morgan fingerprint density at radius 3 is 2.81 bits per heavy atom. The van der Waals surface area contributed by atoms with Gasteiger partial charge in [0.25, 0.3) is 5.69 Å². The molecule has 0 spiro atoms. The molecule has 84 valence electrons. The average Bonchev–Trinajstić information content (AvgIpc) is 2.24. The van der Waals surface area contributed by atoms with Crippen molar-refractivity contribution in [2.75, 3.05) is 24.2 Å². The number of nitrogens with zero attached hydrogens (tertiary/aromatic N) is 3. The van der Waals surface area contributed by atoms with Gasteiger partial charge in [-0.05, 0) is 6.07 Å². The fourth-order valence-electron chi connectivity index (χ4n) is 1.29. The number of nitro groups is 1. The summed E-state index contributed by atoms with van der Waals surface area (Å²) in [6.07, 6.45) is 0.360. The van der Waals surface area contributed by atoms with Crippen LogP contribution in [0.2, 0.25) is 0 Å². The highest BCUT2D eigenvalue weighted by Crippen LogP contribution is 2.24. The summed E-state index contributed by atoms with van der Waals surface area (Å²) < 4.78 is 0. The minimum atomic E-state index is -0.488. The SMILES string of the molecule is CN(CCC#N)c1cc(N)cc([N+](=O)[O-])c1. The summed E-state index contributed by atoms with van der Waals surface area (Å²) in [5.74, 6) is 0. The molecule has 0 aliphatic carbocycles. The third kappa shape index (κ3) is 2.85. The molecule has 0 aromatic heterocycles. The van der Waals surface area contributed by atoms with Gasteiger partial charge < -0.3 is 10.6 Å². The van der Waals surface area contributed by atoms with Crippen LogP contribution < -0.4 is 10.6 Å². The number of nitrogen functional groups attached to an aromatic ring is 1. The number of nitriles is 1. The predicted octanol–water partition coefficient (Wildman–Crippen LogP) is 1.53. The molecule has 0 fully saturated rings. The molecule has 0 heterocycles. The van der Waals surface area contributed by atoms with E-state index >= 15 is 0 Å². The van der Waals surface area contributed by atoms with Crippen LogP contribution in [0.3, 0.4) is 0 Å². The summed E-state index contributed by atoms with van der Waals surface area (Å²) in [6, 6.07) is 6.40. The normalized spacial score (nSPS) is 9.50. The Bertz CT molecular complexity index is 439. The lowest BCUT2D eigenvalue weighted by atomic mass is 10.2. The van der Waals surface area contributed by atoms with Crippen LogP contribution in [0.25, 0.3) is 0 Å². The van der Waals surface area contributed by atoms with E-state index in [0.29, 0.717) is 24.3 Å². The maximum atomic E-state index is 10.6. The first-order chi connectivity index (χ1) is 7.54. The van der Waals surface area contributed by atoms with E-state index in [1.807, 2.05) is 6.07 Å². The second kappa shape index (κ2) is 4.98. The predicted molar refractivity (Wildman–Crippen MR) is 61.0 cm³/mol. The standard InChI is InChI=1S/C10H12N4O2/c1-13(4-2-3-11)9-5-8(12)6-10(7-9)14(15)16/h5-7H,2,4,12H2,1H3. The van der Waals surface area contributed by atoms with Gasteiger partial charge >= 0.3 is 0 Å². The Balaban J connectivity index is 2.96. The number of nitrogens with two attached hydrogens (primary N) is 1. The van der Waals surface area contributed by atoms with Gasteiger partial charge in [0.2, 0.25) is 0 Å². The molecule has 1 aromatic carbocycles. The van der Waals surface area contributed by atoms with Crippen molar-refractivity contribution in [1.82, 2.24) is 0 Å². The first-order valence-electron chi connectivity index (χ1n) is 4.67. The Kier molecular flexibility index (Phi) is 3.67. The maximum Gasteiger partial charge on any atom is 0.273 e. The molecule has 0 saturated heterocycles. The molecule has 2 N–H and O–H groups in total. The van der Waals surface area contributed by atoms with Crippen molar-refractivity contribution in [3.8, 4) is 6.07 Å². The molecule has 0 aliphatic rings. The van der Waals surface area contributed by atoms with Crippen LogP contribution in [0.15, 0.2) is 18.2 Å². The van der Waals surface area contributed by atoms with E-state index in [0.717, 1.165) is 0 Å². The fraction of sp³-hybridized carbons (Fsp3) is 0.300. The zero-order chi connectivity index (χ0) is 12.1. The fourth-order valence-corrected chi connectivity index (χ4v) is 1.29. The van der Waals surface area contributed by atoms with Gasteiger partial charge in [-0.25, -0.2) is 0 Å². The molecule has 6 nitrogen and oxygen atoms in total. The number of non-ortho nitro benzene ring substituents is 1. The molecule has 0 unspecified atom stereocenters. The first kappa shape index (κ1) is 11.8. The Hall–Kier alpha value is -2.29. The number of nitro benzene ring substituents is 1. The molecule has 0 aliphatic heterocycles. The van der Waals surface area contributed by atoms with Crippen molar-refractivity contribution in [3.63, 3.8) is 0 Å². The maximum absolute atomic E-state index is 10.6. The van der Waals surface area contributed by atoms with Crippen molar-refractivity contribution in [2.45, 2.75) is 6.42 Å². The molecule has 1 rings (SSSR count). The van der Waals surface area contributed by atoms with Crippen LogP contribution >= 0.6 is 0 Å². The number of rotatable bonds is 4. The highest BCUT2D eigenvalue weighted by molar-refractivity contribution is 5.62. The van der Waals surface area contributed by atoms with Gasteiger partial charge in [-0.3, -0.25) is 10.1 Å². The molecule has 6 heteroatoms. The van der Waals surface area contributed by atoms with Gasteiger partial charge in [-0.2, -0.15) is 5.26 Å².